The van der Waals surface area contributed by atoms with Crippen molar-refractivity contribution >= 4 is 17.9 Å². The summed E-state index contributed by atoms with van der Waals surface area (Å²) < 4.78 is 23.5. The molecule has 88 valence electrons. The lowest BCUT2D eigenvalue weighted by Crippen LogP contribution is -2.67. The number of nitrogens with zero attached hydrogens (tertiary/aromatic N) is 1. The Kier molecular flexibility index (Phi) is 2.30. The van der Waals surface area contributed by atoms with Gasteiger partial charge in [-0.05, 0) is 0 Å². The number of urea groups is 1. The van der Waals surface area contributed by atoms with Crippen LogP contribution in [0.4, 0.5) is 9.18 Å². The van der Waals surface area contributed by atoms with Gasteiger partial charge in [-0.2, -0.15) is 4.39 Å². The van der Waals surface area contributed by atoms with Gasteiger partial charge in [0.2, 0.25) is 0 Å². The molecule has 0 aromatic carbocycles. The summed E-state index contributed by atoms with van der Waals surface area (Å²) in [5.41, 5.74) is 0. The van der Waals surface area contributed by atoms with Crippen LogP contribution in [0.5, 0.6) is 0 Å². The van der Waals surface area contributed by atoms with Crippen LogP contribution < -0.4 is 5.32 Å². The SMILES string of the molecule is CC(=O)O[C@H]1C(=O)NC(=O)N2CCOC12F. The molecule has 0 saturated carbocycles. The number of rotatable bonds is 1. The summed E-state index contributed by atoms with van der Waals surface area (Å²) in [5, 5.41) is 1.88. The Morgan fingerprint density at radius 1 is 1.69 bits per heavy atom. The van der Waals surface area contributed by atoms with Crippen molar-refractivity contribution in [1.82, 2.24) is 10.2 Å². The van der Waals surface area contributed by atoms with Gasteiger partial charge < -0.3 is 9.47 Å². The number of esters is 1. The molecule has 2 aliphatic heterocycles. The van der Waals surface area contributed by atoms with E-state index in [-0.39, 0.29) is 13.2 Å². The minimum Gasteiger partial charge on any atom is -0.444 e. The van der Waals surface area contributed by atoms with Crippen molar-refractivity contribution in [2.24, 2.45) is 0 Å². The van der Waals surface area contributed by atoms with Crippen molar-refractivity contribution in [2.45, 2.75) is 19.0 Å². The number of halogens is 1. The molecule has 16 heavy (non-hydrogen) atoms. The van der Waals surface area contributed by atoms with Crippen molar-refractivity contribution < 1.29 is 28.2 Å². The zero-order valence-corrected chi connectivity index (χ0v) is 8.36. The number of amides is 3. The Hall–Kier alpha value is -1.70. The molecule has 0 spiro atoms. The zero-order valence-electron chi connectivity index (χ0n) is 8.36. The predicted octanol–water partition coefficient (Wildman–Crippen LogP) is -0.877. The van der Waals surface area contributed by atoms with Crippen LogP contribution in [0.25, 0.3) is 0 Å². The number of nitrogens with one attached hydrogen (secondary N) is 1. The van der Waals surface area contributed by atoms with Crippen molar-refractivity contribution in [2.75, 3.05) is 13.2 Å². The molecule has 1 N–H and O–H groups in total. The van der Waals surface area contributed by atoms with Crippen LogP contribution in [0.3, 0.4) is 0 Å². The Morgan fingerprint density at radius 2 is 2.38 bits per heavy atom. The summed E-state index contributed by atoms with van der Waals surface area (Å²) in [5.74, 6) is -4.55. The number of alkyl halides is 1. The fraction of sp³-hybridized carbons (Fsp3) is 0.625. The summed E-state index contributed by atoms with van der Waals surface area (Å²) in [6, 6.07) is -0.895. The first-order valence-electron chi connectivity index (χ1n) is 4.57. The second kappa shape index (κ2) is 3.41. The Balaban J connectivity index is 2.31. The molecule has 0 aliphatic carbocycles. The van der Waals surface area contributed by atoms with Crippen LogP contribution in [0, 0.1) is 0 Å². The van der Waals surface area contributed by atoms with Crippen LogP contribution in [0.15, 0.2) is 0 Å². The van der Waals surface area contributed by atoms with Gasteiger partial charge in [0.15, 0.2) is 0 Å². The van der Waals surface area contributed by atoms with E-state index in [4.69, 9.17) is 4.74 Å². The third-order valence-electron chi connectivity index (χ3n) is 2.31. The highest BCUT2D eigenvalue weighted by molar-refractivity contribution is 6.00. The zero-order chi connectivity index (χ0) is 11.9. The molecule has 2 saturated heterocycles. The topological polar surface area (TPSA) is 84.9 Å². The number of hydrogen-bond acceptors (Lipinski definition) is 5. The van der Waals surface area contributed by atoms with Crippen molar-refractivity contribution in [3.05, 3.63) is 0 Å². The summed E-state index contributed by atoms with van der Waals surface area (Å²) in [7, 11) is 0. The molecule has 3 amide bonds. The highest BCUT2D eigenvalue weighted by Gasteiger charge is 2.61. The van der Waals surface area contributed by atoms with E-state index < -0.39 is 30.0 Å². The number of hydrogen-bond donors (Lipinski definition) is 1. The molecule has 7 nitrogen and oxygen atoms in total. The van der Waals surface area contributed by atoms with Gasteiger partial charge in [-0.3, -0.25) is 19.8 Å². The molecule has 2 fully saturated rings. The highest BCUT2D eigenvalue weighted by Crippen LogP contribution is 2.33. The lowest BCUT2D eigenvalue weighted by molar-refractivity contribution is -0.242. The van der Waals surface area contributed by atoms with Crippen LogP contribution in [0.2, 0.25) is 0 Å². The Morgan fingerprint density at radius 3 is 3.00 bits per heavy atom. The second-order valence-corrected chi connectivity index (χ2v) is 3.39. The largest absolute Gasteiger partial charge is 0.444 e. The fourth-order valence-corrected chi connectivity index (χ4v) is 1.66. The number of fused-ring (bicyclic) bond motifs is 1. The molecular weight excluding hydrogens is 223 g/mol. The molecule has 2 atom stereocenters. The lowest BCUT2D eigenvalue weighted by Gasteiger charge is -2.37. The molecular formula is C8H9FN2O5. The quantitative estimate of drug-likeness (QED) is 0.469. The van der Waals surface area contributed by atoms with Crippen molar-refractivity contribution in [3.63, 3.8) is 0 Å². The first-order chi connectivity index (χ1) is 7.45. The molecule has 0 aromatic heterocycles. The molecule has 2 rings (SSSR count). The van der Waals surface area contributed by atoms with Gasteiger partial charge >= 0.3 is 18.0 Å². The predicted molar refractivity (Wildman–Crippen MR) is 45.6 cm³/mol. The van der Waals surface area contributed by atoms with Gasteiger partial charge in [-0.25, -0.2) is 4.79 Å². The van der Waals surface area contributed by atoms with Gasteiger partial charge in [-0.1, -0.05) is 0 Å². The van der Waals surface area contributed by atoms with Gasteiger partial charge in [-0.15, -0.1) is 0 Å². The van der Waals surface area contributed by atoms with Gasteiger partial charge in [0, 0.05) is 6.92 Å². The average molecular weight is 232 g/mol. The normalized spacial score (nSPS) is 33.4. The van der Waals surface area contributed by atoms with E-state index >= 15 is 0 Å². The smallest absolute Gasteiger partial charge is 0.340 e. The summed E-state index contributed by atoms with van der Waals surface area (Å²) in [4.78, 5) is 34.0. The van der Waals surface area contributed by atoms with Gasteiger partial charge in [0.1, 0.15) is 0 Å². The molecule has 0 bridgehead atoms. The number of ether oxygens (including phenoxy) is 2. The molecule has 0 radical (unpaired) electrons. The lowest BCUT2D eigenvalue weighted by atomic mass is 10.2. The maximum Gasteiger partial charge on any atom is 0.340 e. The first-order valence-corrected chi connectivity index (χ1v) is 4.57. The van der Waals surface area contributed by atoms with Crippen LogP contribution in [-0.2, 0) is 19.1 Å². The second-order valence-electron chi connectivity index (χ2n) is 3.39. The minimum absolute atomic E-state index is 0.00657. The average Bonchev–Trinajstić information content (AvgIpc) is 2.56. The Labute approximate surface area is 89.5 Å². The van der Waals surface area contributed by atoms with Gasteiger partial charge in [0.05, 0.1) is 13.2 Å². The van der Waals surface area contributed by atoms with Crippen LogP contribution in [-0.4, -0.2) is 48.0 Å². The maximum absolute atomic E-state index is 14.2. The number of imide groups is 1. The van der Waals surface area contributed by atoms with E-state index in [1.54, 1.807) is 0 Å². The van der Waals surface area contributed by atoms with E-state index in [1.165, 1.54) is 0 Å². The first kappa shape index (κ1) is 10.8. The number of carbonyl (C=O) groups excluding carboxylic acids is 3. The number of carbonyl (C=O) groups is 3. The van der Waals surface area contributed by atoms with Crippen LogP contribution in [0.1, 0.15) is 6.92 Å². The molecule has 2 aliphatic rings. The van der Waals surface area contributed by atoms with Gasteiger partial charge in [0.25, 0.3) is 12.0 Å². The van der Waals surface area contributed by atoms with E-state index in [2.05, 4.69) is 4.74 Å². The molecule has 8 heteroatoms. The van der Waals surface area contributed by atoms with E-state index in [0.717, 1.165) is 6.92 Å². The highest BCUT2D eigenvalue weighted by atomic mass is 19.2. The maximum atomic E-state index is 14.2. The minimum atomic E-state index is -2.69. The standard InChI is InChI=1S/C8H9FN2O5/c1-4(12)16-5-6(13)10-7(14)11-2-3-15-8(5,11)9/h5H,2-3H2,1H3,(H,10,13,14)/t5-,8?/m0/s1. The summed E-state index contributed by atoms with van der Waals surface area (Å²) in [6.45, 7) is 0.967. The van der Waals surface area contributed by atoms with E-state index in [0.29, 0.717) is 4.90 Å². The Bertz CT molecular complexity index is 373. The van der Waals surface area contributed by atoms with E-state index in [1.807, 2.05) is 5.32 Å². The monoisotopic (exact) mass is 232 g/mol. The summed E-state index contributed by atoms with van der Waals surface area (Å²) in [6.07, 6.45) is -1.79. The van der Waals surface area contributed by atoms with Crippen LogP contribution >= 0.6 is 0 Å². The molecule has 2 heterocycles. The molecule has 1 unspecified atom stereocenters. The van der Waals surface area contributed by atoms with Crippen molar-refractivity contribution in [1.29, 1.82) is 0 Å². The third-order valence-corrected chi connectivity index (χ3v) is 2.31. The van der Waals surface area contributed by atoms with Crippen molar-refractivity contribution in [3.8, 4) is 0 Å². The van der Waals surface area contributed by atoms with E-state index in [9.17, 15) is 18.8 Å². The molecule has 0 aromatic rings. The third kappa shape index (κ3) is 1.42. The fourth-order valence-electron chi connectivity index (χ4n) is 1.66. The summed E-state index contributed by atoms with van der Waals surface area (Å²) >= 11 is 0.